The molecule has 106 valence electrons. The highest BCUT2D eigenvalue weighted by Gasteiger charge is 2.35. The summed E-state index contributed by atoms with van der Waals surface area (Å²) in [5.41, 5.74) is 1.29. The molecule has 3 unspecified atom stereocenters. The Balaban J connectivity index is 2.09. The predicted molar refractivity (Wildman–Crippen MR) is 76.1 cm³/mol. The molecule has 0 amide bonds. The fourth-order valence-corrected chi connectivity index (χ4v) is 2.34. The molecule has 1 fully saturated rings. The fourth-order valence-electron chi connectivity index (χ4n) is 2.34. The lowest BCUT2D eigenvalue weighted by atomic mass is 9.95. The van der Waals surface area contributed by atoms with Crippen molar-refractivity contribution in [1.29, 1.82) is 0 Å². The minimum absolute atomic E-state index is 0.427. The van der Waals surface area contributed by atoms with Crippen LogP contribution in [0, 0.1) is 0 Å². The van der Waals surface area contributed by atoms with Gasteiger partial charge in [-0.25, -0.2) is 0 Å². The van der Waals surface area contributed by atoms with Crippen LogP contribution < -0.4 is 9.47 Å². The lowest BCUT2D eigenvalue weighted by Gasteiger charge is -2.15. The molecular formula is C16H24O3. The highest BCUT2D eigenvalue weighted by molar-refractivity contribution is 5.44. The summed E-state index contributed by atoms with van der Waals surface area (Å²) < 4.78 is 16.7. The zero-order valence-corrected chi connectivity index (χ0v) is 12.3. The Morgan fingerprint density at radius 3 is 2.37 bits per heavy atom. The molecule has 0 N–H and O–H groups in total. The standard InChI is InChI=1S/C16H24O3/c1-5-17-14-8-7-13(10-16(14)18-6-2)11(3)9-15-12(4)19-15/h7-8,10-12,15H,5-6,9H2,1-4H3. The summed E-state index contributed by atoms with van der Waals surface area (Å²) in [6.45, 7) is 9.65. The molecule has 2 rings (SSSR count). The molecule has 1 heterocycles. The van der Waals surface area contributed by atoms with Gasteiger partial charge in [-0.1, -0.05) is 13.0 Å². The monoisotopic (exact) mass is 264 g/mol. The van der Waals surface area contributed by atoms with Gasteiger partial charge in [0, 0.05) is 0 Å². The van der Waals surface area contributed by atoms with Gasteiger partial charge in [-0.05, 0) is 50.8 Å². The van der Waals surface area contributed by atoms with Crippen LogP contribution in [-0.2, 0) is 4.74 Å². The maximum absolute atomic E-state index is 5.67. The van der Waals surface area contributed by atoms with E-state index in [0.717, 1.165) is 17.9 Å². The largest absolute Gasteiger partial charge is 0.490 e. The van der Waals surface area contributed by atoms with Crippen molar-refractivity contribution in [2.24, 2.45) is 0 Å². The van der Waals surface area contributed by atoms with Crippen LogP contribution in [-0.4, -0.2) is 25.4 Å². The third-order valence-electron chi connectivity index (χ3n) is 3.56. The van der Waals surface area contributed by atoms with Crippen LogP contribution in [0.15, 0.2) is 18.2 Å². The summed E-state index contributed by atoms with van der Waals surface area (Å²) in [5.74, 6) is 2.15. The summed E-state index contributed by atoms with van der Waals surface area (Å²) in [7, 11) is 0. The molecule has 3 heteroatoms. The number of benzene rings is 1. The van der Waals surface area contributed by atoms with Gasteiger partial charge >= 0.3 is 0 Å². The third kappa shape index (κ3) is 3.63. The summed E-state index contributed by atoms with van der Waals surface area (Å²) >= 11 is 0. The lowest BCUT2D eigenvalue weighted by molar-refractivity contribution is 0.287. The molecule has 1 aliphatic heterocycles. The van der Waals surface area contributed by atoms with Crippen LogP contribution in [0.25, 0.3) is 0 Å². The highest BCUT2D eigenvalue weighted by Crippen LogP contribution is 2.36. The van der Waals surface area contributed by atoms with E-state index in [9.17, 15) is 0 Å². The molecule has 0 saturated carbocycles. The minimum Gasteiger partial charge on any atom is -0.490 e. The van der Waals surface area contributed by atoms with Gasteiger partial charge in [0.15, 0.2) is 11.5 Å². The molecule has 0 bridgehead atoms. The van der Waals surface area contributed by atoms with E-state index in [2.05, 4.69) is 26.0 Å². The SMILES string of the molecule is CCOc1ccc(C(C)CC2OC2C)cc1OCC. The van der Waals surface area contributed by atoms with Crippen molar-refractivity contribution in [1.82, 2.24) is 0 Å². The van der Waals surface area contributed by atoms with E-state index in [1.165, 1.54) is 5.56 Å². The first-order valence-electron chi connectivity index (χ1n) is 7.20. The first-order valence-corrected chi connectivity index (χ1v) is 7.20. The molecule has 0 aliphatic carbocycles. The van der Waals surface area contributed by atoms with Crippen molar-refractivity contribution < 1.29 is 14.2 Å². The quantitative estimate of drug-likeness (QED) is 0.702. The Hall–Kier alpha value is -1.22. The van der Waals surface area contributed by atoms with E-state index in [0.29, 0.717) is 31.3 Å². The van der Waals surface area contributed by atoms with Gasteiger partial charge in [0.05, 0.1) is 25.4 Å². The van der Waals surface area contributed by atoms with E-state index < -0.39 is 0 Å². The van der Waals surface area contributed by atoms with E-state index in [1.807, 2.05) is 19.9 Å². The number of rotatable bonds is 7. The van der Waals surface area contributed by atoms with Crippen molar-refractivity contribution >= 4 is 0 Å². The van der Waals surface area contributed by atoms with Crippen molar-refractivity contribution in [3.8, 4) is 11.5 Å². The maximum atomic E-state index is 5.67. The molecular weight excluding hydrogens is 240 g/mol. The maximum Gasteiger partial charge on any atom is 0.161 e. The molecule has 0 aromatic heterocycles. The zero-order valence-electron chi connectivity index (χ0n) is 12.3. The first-order chi connectivity index (χ1) is 9.15. The Bertz CT molecular complexity index is 416. The Labute approximate surface area is 115 Å². The predicted octanol–water partition coefficient (Wildman–Crippen LogP) is 3.76. The first kappa shape index (κ1) is 14.2. The van der Waals surface area contributed by atoms with Gasteiger partial charge in [0.25, 0.3) is 0 Å². The Kier molecular flexibility index (Phi) is 4.70. The van der Waals surface area contributed by atoms with Gasteiger partial charge in [0.1, 0.15) is 0 Å². The van der Waals surface area contributed by atoms with Gasteiger partial charge < -0.3 is 14.2 Å². The molecule has 19 heavy (non-hydrogen) atoms. The third-order valence-corrected chi connectivity index (χ3v) is 3.56. The van der Waals surface area contributed by atoms with Gasteiger partial charge in [0.2, 0.25) is 0 Å². The number of ether oxygens (including phenoxy) is 3. The number of hydrogen-bond donors (Lipinski definition) is 0. The van der Waals surface area contributed by atoms with Crippen LogP contribution in [0.1, 0.15) is 45.6 Å². The molecule has 1 aromatic rings. The lowest BCUT2D eigenvalue weighted by Crippen LogP contribution is -2.03. The molecule has 0 spiro atoms. The van der Waals surface area contributed by atoms with Crippen molar-refractivity contribution in [3.63, 3.8) is 0 Å². The van der Waals surface area contributed by atoms with Gasteiger partial charge in [-0.3, -0.25) is 0 Å². The van der Waals surface area contributed by atoms with E-state index >= 15 is 0 Å². The number of epoxide rings is 1. The molecule has 3 atom stereocenters. The summed E-state index contributed by atoms with van der Waals surface area (Å²) in [4.78, 5) is 0. The fraction of sp³-hybridized carbons (Fsp3) is 0.625. The topological polar surface area (TPSA) is 31.0 Å². The second-order valence-electron chi connectivity index (χ2n) is 5.09. The second kappa shape index (κ2) is 6.29. The van der Waals surface area contributed by atoms with Crippen molar-refractivity contribution in [2.75, 3.05) is 13.2 Å². The summed E-state index contributed by atoms with van der Waals surface area (Å²) in [6, 6.07) is 6.24. The molecule has 1 aromatic carbocycles. The number of hydrogen-bond acceptors (Lipinski definition) is 3. The van der Waals surface area contributed by atoms with Crippen molar-refractivity contribution in [2.45, 2.75) is 52.2 Å². The normalized spacial score (nSPS) is 22.9. The molecule has 1 aliphatic rings. The smallest absolute Gasteiger partial charge is 0.161 e. The summed E-state index contributed by atoms with van der Waals surface area (Å²) in [5, 5.41) is 0. The van der Waals surface area contributed by atoms with E-state index in [1.54, 1.807) is 0 Å². The van der Waals surface area contributed by atoms with Crippen LogP contribution in [0.2, 0.25) is 0 Å². The highest BCUT2D eigenvalue weighted by atomic mass is 16.6. The van der Waals surface area contributed by atoms with Gasteiger partial charge in [-0.2, -0.15) is 0 Å². The van der Waals surface area contributed by atoms with Crippen LogP contribution in [0.5, 0.6) is 11.5 Å². The van der Waals surface area contributed by atoms with Crippen LogP contribution in [0.3, 0.4) is 0 Å². The molecule has 0 radical (unpaired) electrons. The minimum atomic E-state index is 0.427. The van der Waals surface area contributed by atoms with Crippen LogP contribution in [0.4, 0.5) is 0 Å². The van der Waals surface area contributed by atoms with E-state index in [4.69, 9.17) is 14.2 Å². The zero-order chi connectivity index (χ0) is 13.8. The van der Waals surface area contributed by atoms with Crippen LogP contribution >= 0.6 is 0 Å². The van der Waals surface area contributed by atoms with Gasteiger partial charge in [-0.15, -0.1) is 0 Å². The molecule has 1 saturated heterocycles. The summed E-state index contributed by atoms with van der Waals surface area (Å²) in [6.07, 6.45) is 1.93. The van der Waals surface area contributed by atoms with E-state index in [-0.39, 0.29) is 0 Å². The van der Waals surface area contributed by atoms with Crippen molar-refractivity contribution in [3.05, 3.63) is 23.8 Å². The second-order valence-corrected chi connectivity index (χ2v) is 5.09. The molecule has 3 nitrogen and oxygen atoms in total. The Morgan fingerprint density at radius 2 is 1.79 bits per heavy atom. The Morgan fingerprint density at radius 1 is 1.16 bits per heavy atom. The average molecular weight is 264 g/mol. The average Bonchev–Trinajstić information content (AvgIpc) is 3.07.